The second-order valence-corrected chi connectivity index (χ2v) is 4.34. The third-order valence-electron chi connectivity index (χ3n) is 2.60. The van der Waals surface area contributed by atoms with Crippen LogP contribution >= 0.6 is 0 Å². The lowest BCUT2D eigenvalue weighted by atomic mass is 10.2. The SMILES string of the molecule is CC(N)CCc1nc(-c2cccc([N+](=O)[O-])c2)no1. The largest absolute Gasteiger partial charge is 0.339 e. The molecule has 0 aliphatic carbocycles. The summed E-state index contributed by atoms with van der Waals surface area (Å²) in [6, 6.07) is 6.19. The minimum Gasteiger partial charge on any atom is -0.339 e. The molecule has 19 heavy (non-hydrogen) atoms. The molecule has 1 heterocycles. The number of aryl methyl sites for hydroxylation is 1. The average Bonchev–Trinajstić information content (AvgIpc) is 2.85. The Hall–Kier alpha value is -2.28. The van der Waals surface area contributed by atoms with Crippen molar-refractivity contribution in [3.63, 3.8) is 0 Å². The van der Waals surface area contributed by atoms with Gasteiger partial charge in [-0.1, -0.05) is 17.3 Å². The zero-order chi connectivity index (χ0) is 13.8. The zero-order valence-electron chi connectivity index (χ0n) is 10.4. The monoisotopic (exact) mass is 262 g/mol. The van der Waals surface area contributed by atoms with Crippen molar-refractivity contribution in [2.45, 2.75) is 25.8 Å². The highest BCUT2D eigenvalue weighted by Crippen LogP contribution is 2.21. The minimum atomic E-state index is -0.458. The number of non-ortho nitro benzene ring substituents is 1. The first-order chi connectivity index (χ1) is 9.06. The molecule has 2 aromatic rings. The number of nitrogens with zero attached hydrogens (tertiary/aromatic N) is 3. The summed E-state index contributed by atoms with van der Waals surface area (Å²) in [4.78, 5) is 14.4. The Bertz CT molecular complexity index is 580. The highest BCUT2D eigenvalue weighted by molar-refractivity contribution is 5.58. The Morgan fingerprint density at radius 2 is 2.32 bits per heavy atom. The van der Waals surface area contributed by atoms with Gasteiger partial charge >= 0.3 is 0 Å². The fourth-order valence-electron chi connectivity index (χ4n) is 1.58. The molecule has 1 aromatic heterocycles. The molecule has 0 saturated carbocycles. The molecule has 0 fully saturated rings. The van der Waals surface area contributed by atoms with E-state index in [1.807, 2.05) is 6.92 Å². The number of rotatable bonds is 5. The predicted molar refractivity (Wildman–Crippen MR) is 68.4 cm³/mol. The number of hydrogen-bond donors (Lipinski definition) is 1. The number of hydrogen-bond acceptors (Lipinski definition) is 6. The Morgan fingerprint density at radius 3 is 3.00 bits per heavy atom. The van der Waals surface area contributed by atoms with Crippen molar-refractivity contribution in [2.24, 2.45) is 5.73 Å². The van der Waals surface area contributed by atoms with E-state index in [0.717, 1.165) is 6.42 Å². The van der Waals surface area contributed by atoms with E-state index in [1.165, 1.54) is 12.1 Å². The normalized spacial score (nSPS) is 12.3. The van der Waals surface area contributed by atoms with Crippen LogP contribution in [0.2, 0.25) is 0 Å². The van der Waals surface area contributed by atoms with Gasteiger partial charge in [-0.05, 0) is 13.3 Å². The van der Waals surface area contributed by atoms with Gasteiger partial charge in [-0.15, -0.1) is 0 Å². The van der Waals surface area contributed by atoms with E-state index >= 15 is 0 Å². The van der Waals surface area contributed by atoms with Crippen LogP contribution in [0.5, 0.6) is 0 Å². The Balaban J connectivity index is 2.18. The van der Waals surface area contributed by atoms with E-state index in [2.05, 4.69) is 10.1 Å². The molecule has 0 saturated heterocycles. The molecule has 2 rings (SSSR count). The van der Waals surface area contributed by atoms with Crippen LogP contribution in [0.15, 0.2) is 28.8 Å². The Morgan fingerprint density at radius 1 is 1.53 bits per heavy atom. The van der Waals surface area contributed by atoms with Gasteiger partial charge in [-0.25, -0.2) is 0 Å². The molecule has 0 radical (unpaired) electrons. The van der Waals surface area contributed by atoms with Crippen LogP contribution in [-0.2, 0) is 6.42 Å². The number of nitrogens with two attached hydrogens (primary N) is 1. The Labute approximate surface area is 109 Å². The molecule has 0 spiro atoms. The summed E-state index contributed by atoms with van der Waals surface area (Å²) in [6.45, 7) is 1.90. The van der Waals surface area contributed by atoms with Crippen LogP contribution in [0.3, 0.4) is 0 Å². The number of nitro benzene ring substituents is 1. The van der Waals surface area contributed by atoms with Crippen LogP contribution in [0.1, 0.15) is 19.2 Å². The van der Waals surface area contributed by atoms with E-state index in [4.69, 9.17) is 10.3 Å². The molecule has 0 bridgehead atoms. The average molecular weight is 262 g/mol. The molecule has 0 amide bonds. The number of benzene rings is 1. The fourth-order valence-corrected chi connectivity index (χ4v) is 1.58. The van der Waals surface area contributed by atoms with Gasteiger partial charge in [0.05, 0.1) is 4.92 Å². The molecule has 1 unspecified atom stereocenters. The smallest absolute Gasteiger partial charge is 0.270 e. The maximum Gasteiger partial charge on any atom is 0.270 e. The molecule has 1 aromatic carbocycles. The van der Waals surface area contributed by atoms with Crippen LogP contribution < -0.4 is 5.73 Å². The maximum absolute atomic E-state index is 10.7. The fraction of sp³-hybridized carbons (Fsp3) is 0.333. The van der Waals surface area contributed by atoms with Gasteiger partial charge in [0, 0.05) is 30.2 Å². The van der Waals surface area contributed by atoms with Crippen molar-refractivity contribution < 1.29 is 9.45 Å². The third kappa shape index (κ3) is 3.35. The highest BCUT2D eigenvalue weighted by Gasteiger charge is 2.12. The molecule has 1 atom stereocenters. The van der Waals surface area contributed by atoms with Crippen molar-refractivity contribution in [1.82, 2.24) is 10.1 Å². The first kappa shape index (κ1) is 13.2. The minimum absolute atomic E-state index is 0.000527. The lowest BCUT2D eigenvalue weighted by Gasteiger charge is -1.99. The highest BCUT2D eigenvalue weighted by atomic mass is 16.6. The molecule has 7 heteroatoms. The van der Waals surface area contributed by atoms with E-state index in [1.54, 1.807) is 12.1 Å². The summed E-state index contributed by atoms with van der Waals surface area (Å²) in [6.07, 6.45) is 1.34. The summed E-state index contributed by atoms with van der Waals surface area (Å²) < 4.78 is 5.08. The third-order valence-corrected chi connectivity index (χ3v) is 2.60. The first-order valence-electron chi connectivity index (χ1n) is 5.89. The van der Waals surface area contributed by atoms with Crippen LogP contribution in [0, 0.1) is 10.1 Å². The standard InChI is InChI=1S/C12H14N4O3/c1-8(13)5-6-11-14-12(15-19-11)9-3-2-4-10(7-9)16(17)18/h2-4,7-8H,5-6,13H2,1H3. The van der Waals surface area contributed by atoms with Gasteiger partial charge in [0.2, 0.25) is 11.7 Å². The molecule has 7 nitrogen and oxygen atoms in total. The van der Waals surface area contributed by atoms with E-state index < -0.39 is 4.92 Å². The van der Waals surface area contributed by atoms with Crippen LogP contribution in [0.4, 0.5) is 5.69 Å². The zero-order valence-corrected chi connectivity index (χ0v) is 10.4. The van der Waals surface area contributed by atoms with Gasteiger partial charge < -0.3 is 10.3 Å². The lowest BCUT2D eigenvalue weighted by molar-refractivity contribution is -0.384. The van der Waals surface area contributed by atoms with Gasteiger partial charge in [0.15, 0.2) is 0 Å². The van der Waals surface area contributed by atoms with Gasteiger partial charge in [0.25, 0.3) is 5.69 Å². The van der Waals surface area contributed by atoms with Crippen LogP contribution in [0.25, 0.3) is 11.4 Å². The van der Waals surface area contributed by atoms with E-state index in [-0.39, 0.29) is 11.7 Å². The summed E-state index contributed by atoms with van der Waals surface area (Å²) in [5.41, 5.74) is 6.21. The Kier molecular flexibility index (Phi) is 3.86. The van der Waals surface area contributed by atoms with Crippen molar-refractivity contribution in [3.8, 4) is 11.4 Å². The summed E-state index contributed by atoms with van der Waals surface area (Å²) in [7, 11) is 0. The van der Waals surface area contributed by atoms with Crippen molar-refractivity contribution in [3.05, 3.63) is 40.3 Å². The molecular formula is C12H14N4O3. The van der Waals surface area contributed by atoms with Crippen LogP contribution in [-0.4, -0.2) is 21.1 Å². The topological polar surface area (TPSA) is 108 Å². The first-order valence-corrected chi connectivity index (χ1v) is 5.89. The second kappa shape index (κ2) is 5.57. The summed E-state index contributed by atoms with van der Waals surface area (Å²) in [5.74, 6) is 0.835. The van der Waals surface area contributed by atoms with Gasteiger partial charge in [-0.2, -0.15) is 4.98 Å². The molecule has 2 N–H and O–H groups in total. The summed E-state index contributed by atoms with van der Waals surface area (Å²) in [5, 5.41) is 14.5. The predicted octanol–water partition coefficient (Wildman–Crippen LogP) is 1.92. The van der Waals surface area contributed by atoms with Gasteiger partial charge in [0.1, 0.15) is 0 Å². The van der Waals surface area contributed by atoms with Crippen molar-refractivity contribution in [2.75, 3.05) is 0 Å². The molecule has 0 aliphatic heterocycles. The van der Waals surface area contributed by atoms with E-state index in [0.29, 0.717) is 23.7 Å². The van der Waals surface area contributed by atoms with Crippen molar-refractivity contribution in [1.29, 1.82) is 0 Å². The lowest BCUT2D eigenvalue weighted by Crippen LogP contribution is -2.15. The van der Waals surface area contributed by atoms with E-state index in [9.17, 15) is 10.1 Å². The molecule has 100 valence electrons. The number of aromatic nitrogens is 2. The summed E-state index contributed by atoms with van der Waals surface area (Å²) >= 11 is 0. The number of nitro groups is 1. The molecule has 0 aliphatic rings. The second-order valence-electron chi connectivity index (χ2n) is 4.34. The van der Waals surface area contributed by atoms with Crippen molar-refractivity contribution >= 4 is 5.69 Å². The maximum atomic E-state index is 10.7. The quantitative estimate of drug-likeness (QED) is 0.651. The van der Waals surface area contributed by atoms with Gasteiger partial charge in [-0.3, -0.25) is 10.1 Å². The molecular weight excluding hydrogens is 248 g/mol.